The van der Waals surface area contributed by atoms with E-state index in [1.54, 1.807) is 0 Å². The van der Waals surface area contributed by atoms with Crippen LogP contribution < -0.4 is 0 Å². The molecule has 0 aliphatic heterocycles. The van der Waals surface area contributed by atoms with Crippen molar-refractivity contribution in [1.29, 1.82) is 0 Å². The Morgan fingerprint density at radius 1 is 1.40 bits per heavy atom. The summed E-state index contributed by atoms with van der Waals surface area (Å²) in [7, 11) is 6.00. The van der Waals surface area contributed by atoms with Gasteiger partial charge < -0.3 is 10.0 Å². The van der Waals surface area contributed by atoms with Crippen LogP contribution in [0.5, 0.6) is 0 Å². The van der Waals surface area contributed by atoms with E-state index in [4.69, 9.17) is 5.11 Å². The Labute approximate surface area is 62.7 Å². The van der Waals surface area contributed by atoms with E-state index in [0.717, 1.165) is 6.42 Å². The van der Waals surface area contributed by atoms with Crippen LogP contribution in [0.15, 0.2) is 0 Å². The molecule has 0 bridgehead atoms. The van der Waals surface area contributed by atoms with Gasteiger partial charge in [-0.3, -0.25) is 4.79 Å². The van der Waals surface area contributed by atoms with E-state index in [1.807, 2.05) is 33.0 Å². The molecule has 0 unspecified atom stereocenters. The van der Waals surface area contributed by atoms with Gasteiger partial charge in [0, 0.05) is 6.42 Å². The van der Waals surface area contributed by atoms with E-state index in [-0.39, 0.29) is 0 Å². The number of carbonyl (C=O) groups is 1. The van der Waals surface area contributed by atoms with Gasteiger partial charge in [-0.25, -0.2) is 0 Å². The summed E-state index contributed by atoms with van der Waals surface area (Å²) in [6.45, 7) is 1.84. The second kappa shape index (κ2) is 8.43. The lowest BCUT2D eigenvalue weighted by molar-refractivity contribution is -0.137. The quantitative estimate of drug-likeness (QED) is 0.634. The van der Waals surface area contributed by atoms with Crippen LogP contribution in [0.1, 0.15) is 19.8 Å². The third kappa shape index (κ3) is 52.0. The fraction of sp³-hybridized carbons (Fsp3) is 0.857. The molecule has 0 saturated heterocycles. The molecular weight excluding hydrogens is 130 g/mol. The van der Waals surface area contributed by atoms with Gasteiger partial charge in [-0.2, -0.15) is 0 Å². The first-order valence-electron chi connectivity index (χ1n) is 3.33. The molecule has 0 heterocycles. The summed E-state index contributed by atoms with van der Waals surface area (Å²) in [4.78, 5) is 11.6. The van der Waals surface area contributed by atoms with E-state index in [0.29, 0.717) is 6.42 Å². The van der Waals surface area contributed by atoms with Gasteiger partial charge in [0.2, 0.25) is 0 Å². The minimum Gasteiger partial charge on any atom is -0.481 e. The molecule has 0 spiro atoms. The van der Waals surface area contributed by atoms with Gasteiger partial charge in [0.15, 0.2) is 0 Å². The zero-order valence-electron chi connectivity index (χ0n) is 7.22. The zero-order chi connectivity index (χ0) is 8.57. The molecule has 1 N–H and O–H groups in total. The minimum atomic E-state index is -0.711. The monoisotopic (exact) mass is 147 g/mol. The van der Waals surface area contributed by atoms with Crippen molar-refractivity contribution in [1.82, 2.24) is 4.90 Å². The topological polar surface area (TPSA) is 40.5 Å². The van der Waals surface area contributed by atoms with Crippen molar-refractivity contribution in [2.24, 2.45) is 0 Å². The SMILES string of the molecule is CCCC(=O)O.CN(C)C. The van der Waals surface area contributed by atoms with Crippen LogP contribution in [0.2, 0.25) is 0 Å². The maximum Gasteiger partial charge on any atom is 0.303 e. The van der Waals surface area contributed by atoms with E-state index in [9.17, 15) is 4.79 Å². The van der Waals surface area contributed by atoms with Crippen LogP contribution >= 0.6 is 0 Å². The molecule has 0 aromatic carbocycles. The molecule has 0 aromatic heterocycles. The van der Waals surface area contributed by atoms with Crippen molar-refractivity contribution in [3.63, 3.8) is 0 Å². The Balaban J connectivity index is 0. The highest BCUT2D eigenvalue weighted by Gasteiger charge is 1.87. The van der Waals surface area contributed by atoms with Gasteiger partial charge in [0.05, 0.1) is 0 Å². The van der Waals surface area contributed by atoms with Crippen molar-refractivity contribution in [3.8, 4) is 0 Å². The van der Waals surface area contributed by atoms with Crippen molar-refractivity contribution < 1.29 is 9.90 Å². The Morgan fingerprint density at radius 2 is 1.70 bits per heavy atom. The maximum absolute atomic E-state index is 9.60. The molecule has 0 aromatic rings. The predicted octanol–water partition coefficient (Wildman–Crippen LogP) is 1.05. The minimum absolute atomic E-state index is 0.292. The number of carboxylic acids is 1. The Kier molecular flexibility index (Phi) is 10.2. The number of carboxylic acid groups (broad SMARTS) is 1. The largest absolute Gasteiger partial charge is 0.481 e. The first kappa shape index (κ1) is 12.1. The zero-order valence-corrected chi connectivity index (χ0v) is 7.22. The first-order chi connectivity index (χ1) is 4.50. The van der Waals surface area contributed by atoms with Gasteiger partial charge in [-0.15, -0.1) is 0 Å². The standard InChI is InChI=1S/C4H8O2.C3H9N/c1-2-3-4(5)6;1-4(2)3/h2-3H2,1H3,(H,5,6);1-3H3. The molecule has 3 nitrogen and oxygen atoms in total. The van der Waals surface area contributed by atoms with Gasteiger partial charge in [0.1, 0.15) is 0 Å². The number of nitrogens with zero attached hydrogens (tertiary/aromatic N) is 1. The van der Waals surface area contributed by atoms with Crippen molar-refractivity contribution >= 4 is 5.97 Å². The molecule has 0 saturated carbocycles. The molecule has 0 rings (SSSR count). The molecule has 0 atom stereocenters. The molecule has 0 aliphatic rings. The van der Waals surface area contributed by atoms with Crippen molar-refractivity contribution in [3.05, 3.63) is 0 Å². The van der Waals surface area contributed by atoms with Crippen LogP contribution in [0.3, 0.4) is 0 Å². The first-order valence-corrected chi connectivity index (χ1v) is 3.33. The average Bonchev–Trinajstić information content (AvgIpc) is 1.62. The van der Waals surface area contributed by atoms with Gasteiger partial charge in [-0.05, 0) is 27.6 Å². The average molecular weight is 147 g/mol. The Hall–Kier alpha value is -0.570. The van der Waals surface area contributed by atoms with E-state index in [1.165, 1.54) is 0 Å². The summed E-state index contributed by atoms with van der Waals surface area (Å²) in [5, 5.41) is 7.91. The highest BCUT2D eigenvalue weighted by molar-refractivity contribution is 5.66. The highest BCUT2D eigenvalue weighted by atomic mass is 16.4. The summed E-state index contributed by atoms with van der Waals surface area (Å²) < 4.78 is 0. The van der Waals surface area contributed by atoms with Gasteiger partial charge >= 0.3 is 5.97 Å². The van der Waals surface area contributed by atoms with Crippen LogP contribution in [0.25, 0.3) is 0 Å². The van der Waals surface area contributed by atoms with Crippen LogP contribution in [0, 0.1) is 0 Å². The van der Waals surface area contributed by atoms with E-state index >= 15 is 0 Å². The maximum atomic E-state index is 9.60. The smallest absolute Gasteiger partial charge is 0.303 e. The summed E-state index contributed by atoms with van der Waals surface area (Å²) in [5.41, 5.74) is 0. The highest BCUT2D eigenvalue weighted by Crippen LogP contribution is 1.82. The number of aliphatic carboxylic acids is 1. The second-order valence-corrected chi connectivity index (χ2v) is 2.49. The number of hydrogen-bond donors (Lipinski definition) is 1. The molecular formula is C7H17NO2. The van der Waals surface area contributed by atoms with Crippen LogP contribution in [0.4, 0.5) is 0 Å². The summed E-state index contributed by atoms with van der Waals surface area (Å²) in [5.74, 6) is -0.711. The second-order valence-electron chi connectivity index (χ2n) is 2.49. The Bertz CT molecular complexity index is 78.9. The Morgan fingerprint density at radius 3 is 1.70 bits per heavy atom. The fourth-order valence-electron chi connectivity index (χ4n) is 0.214. The summed E-state index contributed by atoms with van der Waals surface area (Å²) in [6.07, 6.45) is 1.02. The normalized spacial score (nSPS) is 8.50. The van der Waals surface area contributed by atoms with Crippen molar-refractivity contribution in [2.75, 3.05) is 21.1 Å². The molecule has 0 fully saturated rings. The lowest BCUT2D eigenvalue weighted by Gasteiger charge is -1.90. The molecule has 62 valence electrons. The molecule has 3 heteroatoms. The number of hydrogen-bond acceptors (Lipinski definition) is 2. The van der Waals surface area contributed by atoms with Crippen molar-refractivity contribution in [2.45, 2.75) is 19.8 Å². The number of rotatable bonds is 2. The van der Waals surface area contributed by atoms with E-state index in [2.05, 4.69) is 0 Å². The molecule has 0 radical (unpaired) electrons. The van der Waals surface area contributed by atoms with Crippen LogP contribution in [-0.4, -0.2) is 37.1 Å². The summed E-state index contributed by atoms with van der Waals surface area (Å²) >= 11 is 0. The molecule has 10 heavy (non-hydrogen) atoms. The fourth-order valence-corrected chi connectivity index (χ4v) is 0.214. The predicted molar refractivity (Wildman–Crippen MR) is 42.2 cm³/mol. The third-order valence-corrected chi connectivity index (χ3v) is 0.464. The lowest BCUT2D eigenvalue weighted by atomic mass is 10.4. The van der Waals surface area contributed by atoms with Gasteiger partial charge in [-0.1, -0.05) is 6.92 Å². The molecule has 0 aliphatic carbocycles. The third-order valence-electron chi connectivity index (χ3n) is 0.464. The van der Waals surface area contributed by atoms with Gasteiger partial charge in [0.25, 0.3) is 0 Å². The molecule has 0 amide bonds. The summed E-state index contributed by atoms with van der Waals surface area (Å²) in [6, 6.07) is 0. The lowest BCUT2D eigenvalue weighted by Crippen LogP contribution is -1.99. The van der Waals surface area contributed by atoms with E-state index < -0.39 is 5.97 Å². The van der Waals surface area contributed by atoms with Crippen LogP contribution in [-0.2, 0) is 4.79 Å².